The Morgan fingerprint density at radius 1 is 1.20 bits per heavy atom. The highest BCUT2D eigenvalue weighted by Gasteiger charge is 2.09. The van der Waals surface area contributed by atoms with Gasteiger partial charge in [0.2, 0.25) is 5.89 Å². The van der Waals surface area contributed by atoms with Crippen LogP contribution in [-0.4, -0.2) is 36.2 Å². The summed E-state index contributed by atoms with van der Waals surface area (Å²) in [5.41, 5.74) is 0.688. The molecule has 0 aliphatic heterocycles. The van der Waals surface area contributed by atoms with Gasteiger partial charge in [-0.3, -0.25) is 4.99 Å². The normalized spacial score (nSPS) is 11.3. The minimum absolute atomic E-state index is 0. The van der Waals surface area contributed by atoms with Crippen molar-refractivity contribution in [3.05, 3.63) is 47.4 Å². The molecule has 8 heteroatoms. The lowest BCUT2D eigenvalue weighted by atomic mass is 10.1. The minimum Gasteiger partial charge on any atom is -0.356 e. The van der Waals surface area contributed by atoms with Crippen LogP contribution in [0.3, 0.4) is 0 Å². The number of nitrogens with zero attached hydrogens (tertiary/aromatic N) is 3. The largest absolute Gasteiger partial charge is 0.356 e. The number of aromatic nitrogens is 2. The average molecular weight is 461 g/mol. The van der Waals surface area contributed by atoms with E-state index in [1.54, 1.807) is 19.2 Å². The van der Waals surface area contributed by atoms with Crippen molar-refractivity contribution in [3.63, 3.8) is 0 Å². The molecule has 25 heavy (non-hydrogen) atoms. The quantitative estimate of drug-likeness (QED) is 0.377. The summed E-state index contributed by atoms with van der Waals surface area (Å²) in [7, 11) is 1.70. The fourth-order valence-electron chi connectivity index (χ4n) is 2.13. The van der Waals surface area contributed by atoms with Gasteiger partial charge in [-0.15, -0.1) is 24.0 Å². The Morgan fingerprint density at radius 2 is 1.88 bits per heavy atom. The molecule has 0 unspecified atom stereocenters. The second kappa shape index (κ2) is 11.0. The molecular weight excluding hydrogens is 436 g/mol. The monoisotopic (exact) mass is 461 g/mol. The van der Waals surface area contributed by atoms with Gasteiger partial charge in [-0.05, 0) is 18.1 Å². The van der Waals surface area contributed by atoms with E-state index >= 15 is 0 Å². The molecule has 0 aliphatic carbocycles. The minimum atomic E-state index is -0.181. The summed E-state index contributed by atoms with van der Waals surface area (Å²) in [4.78, 5) is 8.46. The van der Waals surface area contributed by atoms with Gasteiger partial charge in [0.1, 0.15) is 5.82 Å². The molecular formula is C17H25FIN5O. The number of rotatable bonds is 7. The van der Waals surface area contributed by atoms with Gasteiger partial charge in [0, 0.05) is 32.5 Å². The molecule has 6 nitrogen and oxygen atoms in total. The van der Waals surface area contributed by atoms with Gasteiger partial charge in [-0.25, -0.2) is 4.39 Å². The Kier molecular flexibility index (Phi) is 9.40. The fourth-order valence-corrected chi connectivity index (χ4v) is 2.13. The summed E-state index contributed by atoms with van der Waals surface area (Å²) < 4.78 is 18.7. The van der Waals surface area contributed by atoms with Crippen LogP contribution in [0.1, 0.15) is 37.0 Å². The van der Waals surface area contributed by atoms with Crippen molar-refractivity contribution in [2.45, 2.75) is 32.6 Å². The number of halogens is 2. The van der Waals surface area contributed by atoms with Crippen molar-refractivity contribution >= 4 is 29.9 Å². The summed E-state index contributed by atoms with van der Waals surface area (Å²) in [6.45, 7) is 5.26. The SMILES string of the molecule is CN=C(NCCc1nc(C(C)C)no1)NCCc1ccccc1F.I. The average Bonchev–Trinajstić information content (AvgIpc) is 3.04. The number of benzene rings is 1. The van der Waals surface area contributed by atoms with Crippen LogP contribution in [-0.2, 0) is 12.8 Å². The van der Waals surface area contributed by atoms with Crippen LogP contribution in [0.25, 0.3) is 0 Å². The van der Waals surface area contributed by atoms with Crippen molar-refractivity contribution in [2.24, 2.45) is 4.99 Å². The van der Waals surface area contributed by atoms with Crippen LogP contribution in [0.5, 0.6) is 0 Å². The standard InChI is InChI=1S/C17H24FN5O.HI/c1-12(2)16-22-15(24-23-16)9-11-21-17(19-3)20-10-8-13-6-4-5-7-14(13)18;/h4-7,12H,8-11H2,1-3H3,(H2,19,20,21);1H. The molecule has 0 aliphatic rings. The zero-order valence-electron chi connectivity index (χ0n) is 14.8. The second-order valence-corrected chi connectivity index (χ2v) is 5.72. The van der Waals surface area contributed by atoms with Crippen LogP contribution in [0, 0.1) is 5.82 Å². The molecule has 0 bridgehead atoms. The van der Waals surface area contributed by atoms with Crippen LogP contribution < -0.4 is 10.6 Å². The molecule has 0 atom stereocenters. The number of nitrogens with one attached hydrogen (secondary N) is 2. The molecule has 1 aromatic carbocycles. The molecule has 0 fully saturated rings. The third kappa shape index (κ3) is 6.97. The van der Waals surface area contributed by atoms with Gasteiger partial charge in [-0.2, -0.15) is 4.98 Å². The predicted molar refractivity (Wildman–Crippen MR) is 107 cm³/mol. The van der Waals surface area contributed by atoms with E-state index in [9.17, 15) is 4.39 Å². The first-order chi connectivity index (χ1) is 11.6. The topological polar surface area (TPSA) is 75.3 Å². The van der Waals surface area contributed by atoms with E-state index in [2.05, 4.69) is 25.8 Å². The lowest BCUT2D eigenvalue weighted by Gasteiger charge is -2.11. The molecule has 0 radical (unpaired) electrons. The van der Waals surface area contributed by atoms with Gasteiger partial charge in [-0.1, -0.05) is 37.2 Å². The van der Waals surface area contributed by atoms with Crippen LogP contribution in [0.2, 0.25) is 0 Å². The molecule has 0 spiro atoms. The predicted octanol–water partition coefficient (Wildman–Crippen LogP) is 2.90. The maximum absolute atomic E-state index is 13.5. The van der Waals surface area contributed by atoms with Crippen molar-refractivity contribution in [1.82, 2.24) is 20.8 Å². The van der Waals surface area contributed by atoms with Crippen LogP contribution >= 0.6 is 24.0 Å². The van der Waals surface area contributed by atoms with E-state index in [-0.39, 0.29) is 35.7 Å². The Labute approximate surface area is 164 Å². The molecule has 0 saturated heterocycles. The van der Waals surface area contributed by atoms with Crippen molar-refractivity contribution in [3.8, 4) is 0 Å². The van der Waals surface area contributed by atoms with E-state index in [1.807, 2.05) is 19.9 Å². The van der Waals surface area contributed by atoms with Gasteiger partial charge in [0.05, 0.1) is 0 Å². The molecule has 2 rings (SSSR count). The van der Waals surface area contributed by atoms with Gasteiger partial charge in [0.25, 0.3) is 0 Å². The summed E-state index contributed by atoms with van der Waals surface area (Å²) in [5, 5.41) is 10.3. The molecule has 0 amide bonds. The zero-order valence-corrected chi connectivity index (χ0v) is 17.1. The summed E-state index contributed by atoms with van der Waals surface area (Å²) >= 11 is 0. The number of hydrogen-bond acceptors (Lipinski definition) is 4. The molecule has 1 heterocycles. The Hall–Kier alpha value is -1.71. The third-order valence-corrected chi connectivity index (χ3v) is 3.50. The summed E-state index contributed by atoms with van der Waals surface area (Å²) in [6.07, 6.45) is 1.21. The van der Waals surface area contributed by atoms with E-state index < -0.39 is 0 Å². The third-order valence-electron chi connectivity index (χ3n) is 3.50. The lowest BCUT2D eigenvalue weighted by molar-refractivity contribution is 0.371. The van der Waals surface area contributed by atoms with Gasteiger partial charge >= 0.3 is 0 Å². The van der Waals surface area contributed by atoms with E-state index in [1.165, 1.54) is 6.07 Å². The highest BCUT2D eigenvalue weighted by Crippen LogP contribution is 2.09. The molecule has 2 aromatic rings. The first-order valence-corrected chi connectivity index (χ1v) is 8.10. The maximum Gasteiger partial charge on any atom is 0.228 e. The molecule has 138 valence electrons. The van der Waals surface area contributed by atoms with Crippen molar-refractivity contribution < 1.29 is 8.91 Å². The highest BCUT2D eigenvalue weighted by molar-refractivity contribution is 14.0. The first kappa shape index (κ1) is 21.3. The smallest absolute Gasteiger partial charge is 0.228 e. The zero-order chi connectivity index (χ0) is 17.4. The summed E-state index contributed by atoms with van der Waals surface area (Å²) in [6, 6.07) is 6.78. The van der Waals surface area contributed by atoms with Crippen LogP contribution in [0.4, 0.5) is 4.39 Å². The molecule has 1 aromatic heterocycles. The van der Waals surface area contributed by atoms with E-state index in [0.29, 0.717) is 43.3 Å². The van der Waals surface area contributed by atoms with Gasteiger partial charge in [0.15, 0.2) is 11.8 Å². The van der Waals surface area contributed by atoms with Gasteiger partial charge < -0.3 is 15.2 Å². The Balaban J connectivity index is 0.00000312. The summed E-state index contributed by atoms with van der Waals surface area (Å²) in [5.74, 6) is 2.06. The first-order valence-electron chi connectivity index (χ1n) is 8.10. The second-order valence-electron chi connectivity index (χ2n) is 5.72. The fraction of sp³-hybridized carbons (Fsp3) is 0.471. The molecule has 2 N–H and O–H groups in total. The van der Waals surface area contributed by atoms with Crippen molar-refractivity contribution in [1.29, 1.82) is 0 Å². The number of aliphatic imine (C=N–C) groups is 1. The molecule has 0 saturated carbocycles. The van der Waals surface area contributed by atoms with E-state index in [0.717, 1.165) is 5.82 Å². The Morgan fingerprint density at radius 3 is 2.48 bits per heavy atom. The maximum atomic E-state index is 13.5. The Bertz CT molecular complexity index is 675. The number of guanidine groups is 1. The van der Waals surface area contributed by atoms with E-state index in [4.69, 9.17) is 4.52 Å². The van der Waals surface area contributed by atoms with Crippen molar-refractivity contribution in [2.75, 3.05) is 20.1 Å². The highest BCUT2D eigenvalue weighted by atomic mass is 127. The number of hydrogen-bond donors (Lipinski definition) is 2. The van der Waals surface area contributed by atoms with Crippen LogP contribution in [0.15, 0.2) is 33.8 Å². The lowest BCUT2D eigenvalue weighted by Crippen LogP contribution is -2.39.